The molecule has 0 unspecified atom stereocenters. The molecule has 0 fully saturated rings. The number of rotatable bonds is 37. The summed E-state index contributed by atoms with van der Waals surface area (Å²) in [4.78, 5) is 12.5. The first-order valence-corrected chi connectivity index (χ1v) is 20.8. The number of unbranched alkanes of at least 4 members (excludes halogenated alkanes) is 24. The van der Waals surface area contributed by atoms with E-state index in [2.05, 4.69) is 38.1 Å². The van der Waals surface area contributed by atoms with E-state index in [9.17, 15) is 4.79 Å². The van der Waals surface area contributed by atoms with Crippen LogP contribution in [0.3, 0.4) is 0 Å². The Hall–Kier alpha value is -1.65. The largest absolute Gasteiger partial charge is 0.463 e. The van der Waals surface area contributed by atoms with Crippen LogP contribution in [0.2, 0.25) is 0 Å². The van der Waals surface area contributed by atoms with E-state index in [4.69, 9.17) is 14.2 Å². The summed E-state index contributed by atoms with van der Waals surface area (Å²) < 4.78 is 17.8. The Kier molecular flexibility index (Phi) is 33.9. The predicted octanol–water partition coefficient (Wildman–Crippen LogP) is 13.7. The van der Waals surface area contributed by atoms with Gasteiger partial charge in [0.05, 0.1) is 13.2 Å². The Bertz CT molecular complexity index is 807. The number of esters is 1. The minimum absolute atomic E-state index is 0.105. The zero-order valence-electron chi connectivity index (χ0n) is 31.9. The van der Waals surface area contributed by atoms with Gasteiger partial charge in [0, 0.05) is 13.0 Å². The molecule has 48 heavy (non-hydrogen) atoms. The monoisotopic (exact) mass is 671 g/mol. The molecule has 1 rings (SSSR count). The van der Waals surface area contributed by atoms with Crippen molar-refractivity contribution in [2.75, 3.05) is 19.8 Å². The van der Waals surface area contributed by atoms with Crippen molar-refractivity contribution in [1.82, 2.24) is 0 Å². The van der Waals surface area contributed by atoms with Crippen molar-refractivity contribution < 1.29 is 19.0 Å². The summed E-state index contributed by atoms with van der Waals surface area (Å²) in [6.07, 6.45) is 40.2. The van der Waals surface area contributed by atoms with Crippen LogP contribution >= 0.6 is 0 Å². The van der Waals surface area contributed by atoms with Crippen LogP contribution in [0.15, 0.2) is 42.5 Å². The molecule has 278 valence electrons. The van der Waals surface area contributed by atoms with Crippen LogP contribution in [0.4, 0.5) is 0 Å². The summed E-state index contributed by atoms with van der Waals surface area (Å²) >= 11 is 0. The second kappa shape index (κ2) is 36.6. The van der Waals surface area contributed by atoms with Gasteiger partial charge in [-0.1, -0.05) is 191 Å². The summed E-state index contributed by atoms with van der Waals surface area (Å²) in [6.45, 7) is 6.51. The van der Waals surface area contributed by atoms with Crippen LogP contribution < -0.4 is 0 Å². The highest BCUT2D eigenvalue weighted by atomic mass is 16.6. The number of ether oxygens (including phenoxy) is 3. The molecule has 0 saturated heterocycles. The summed E-state index contributed by atoms with van der Waals surface area (Å²) in [5.74, 6) is -0.105. The fourth-order valence-electron chi connectivity index (χ4n) is 6.17. The molecular weight excluding hydrogens is 592 g/mol. The van der Waals surface area contributed by atoms with Gasteiger partial charge >= 0.3 is 5.97 Å². The number of allylic oxidation sites excluding steroid dienone is 2. The molecule has 0 aliphatic heterocycles. The summed E-state index contributed by atoms with van der Waals surface area (Å²) in [6, 6.07) is 10.2. The van der Waals surface area contributed by atoms with Gasteiger partial charge in [-0.15, -0.1) is 0 Å². The first kappa shape index (κ1) is 44.4. The third kappa shape index (κ3) is 31.6. The molecule has 0 spiro atoms. The van der Waals surface area contributed by atoms with Gasteiger partial charge in [0.15, 0.2) is 0 Å². The van der Waals surface area contributed by atoms with Crippen LogP contribution in [0.5, 0.6) is 0 Å². The summed E-state index contributed by atoms with van der Waals surface area (Å²) in [7, 11) is 0. The van der Waals surface area contributed by atoms with Crippen LogP contribution in [-0.2, 0) is 25.6 Å². The Labute approximate surface area is 298 Å². The van der Waals surface area contributed by atoms with Gasteiger partial charge in [-0.3, -0.25) is 4.79 Å². The third-order valence-corrected chi connectivity index (χ3v) is 9.34. The van der Waals surface area contributed by atoms with Crippen molar-refractivity contribution in [3.8, 4) is 0 Å². The molecule has 0 bridgehead atoms. The zero-order chi connectivity index (χ0) is 34.4. The van der Waals surface area contributed by atoms with Crippen molar-refractivity contribution in [3.63, 3.8) is 0 Å². The van der Waals surface area contributed by atoms with Crippen molar-refractivity contribution in [1.29, 1.82) is 0 Å². The maximum Gasteiger partial charge on any atom is 0.305 e. The highest BCUT2D eigenvalue weighted by molar-refractivity contribution is 5.69. The number of carbonyl (C=O) groups excluding carboxylic acids is 1. The zero-order valence-corrected chi connectivity index (χ0v) is 31.9. The normalized spacial score (nSPS) is 12.2. The summed E-state index contributed by atoms with van der Waals surface area (Å²) in [5.41, 5.74) is 1.14. The molecule has 0 N–H and O–H groups in total. The molecule has 1 aromatic rings. The Morgan fingerprint density at radius 1 is 0.562 bits per heavy atom. The first-order chi connectivity index (χ1) is 23.8. The van der Waals surface area contributed by atoms with E-state index in [0.29, 0.717) is 26.2 Å². The van der Waals surface area contributed by atoms with Gasteiger partial charge < -0.3 is 14.2 Å². The molecule has 0 radical (unpaired) electrons. The number of hydrogen-bond acceptors (Lipinski definition) is 4. The van der Waals surface area contributed by atoms with Crippen molar-refractivity contribution in [2.45, 2.75) is 206 Å². The standard InChI is InChI=1S/C44H78O4/c1-3-5-7-9-11-13-15-17-18-19-21-23-25-27-29-34-38-47-43(40-46-39-42-35-31-30-32-36-42)41-48-44(45)37-33-28-26-24-22-20-16-14-12-10-8-6-4-2/h17-18,30-32,35-36,43H,3-16,19-29,33-34,37-41H2,1-2H3/b18-17-/t43-/m1/s1. The molecular formula is C44H78O4. The van der Waals surface area contributed by atoms with Crippen LogP contribution in [0.25, 0.3) is 0 Å². The SMILES string of the molecule is CCCCCCCC/C=C\CCCCCCCCO[C@H](COCc1ccccc1)COC(=O)CCCCCCCCCCCCCCC. The van der Waals surface area contributed by atoms with Crippen molar-refractivity contribution in [2.24, 2.45) is 0 Å². The van der Waals surface area contributed by atoms with E-state index in [1.807, 2.05) is 18.2 Å². The number of carbonyl (C=O) groups is 1. The highest BCUT2D eigenvalue weighted by Crippen LogP contribution is 2.14. The maximum atomic E-state index is 12.5. The topological polar surface area (TPSA) is 44.8 Å². The molecule has 0 heterocycles. The van der Waals surface area contributed by atoms with Crippen molar-refractivity contribution in [3.05, 3.63) is 48.0 Å². The van der Waals surface area contributed by atoms with Crippen molar-refractivity contribution >= 4 is 5.97 Å². The van der Waals surface area contributed by atoms with Gasteiger partial charge in [0.2, 0.25) is 0 Å². The lowest BCUT2D eigenvalue weighted by Crippen LogP contribution is -2.27. The lowest BCUT2D eigenvalue weighted by atomic mass is 10.0. The Balaban J connectivity index is 2.10. The van der Waals surface area contributed by atoms with E-state index in [0.717, 1.165) is 24.8 Å². The predicted molar refractivity (Wildman–Crippen MR) is 207 cm³/mol. The van der Waals surface area contributed by atoms with Gasteiger partial charge in [0.25, 0.3) is 0 Å². The average molecular weight is 671 g/mol. The average Bonchev–Trinajstić information content (AvgIpc) is 3.10. The van der Waals surface area contributed by atoms with E-state index in [1.54, 1.807) is 0 Å². The molecule has 0 aliphatic rings. The molecule has 0 saturated carbocycles. The molecule has 1 atom stereocenters. The third-order valence-electron chi connectivity index (χ3n) is 9.34. The second-order valence-corrected chi connectivity index (χ2v) is 14.1. The Morgan fingerprint density at radius 2 is 1.02 bits per heavy atom. The van der Waals surface area contributed by atoms with Crippen LogP contribution in [0, 0.1) is 0 Å². The fourth-order valence-corrected chi connectivity index (χ4v) is 6.17. The first-order valence-electron chi connectivity index (χ1n) is 20.8. The van der Waals surface area contributed by atoms with Gasteiger partial charge in [-0.25, -0.2) is 0 Å². The highest BCUT2D eigenvalue weighted by Gasteiger charge is 2.13. The lowest BCUT2D eigenvalue weighted by molar-refractivity contribution is -0.150. The van der Waals surface area contributed by atoms with E-state index in [-0.39, 0.29) is 18.7 Å². The molecule has 0 aromatic heterocycles. The Morgan fingerprint density at radius 3 is 1.54 bits per heavy atom. The minimum atomic E-state index is -0.215. The van der Waals surface area contributed by atoms with E-state index in [1.165, 1.54) is 154 Å². The molecule has 0 aliphatic carbocycles. The van der Waals surface area contributed by atoms with E-state index >= 15 is 0 Å². The van der Waals surface area contributed by atoms with Gasteiger partial charge in [-0.05, 0) is 44.1 Å². The van der Waals surface area contributed by atoms with E-state index < -0.39 is 0 Å². The summed E-state index contributed by atoms with van der Waals surface area (Å²) in [5, 5.41) is 0. The molecule has 1 aromatic carbocycles. The maximum absolute atomic E-state index is 12.5. The second-order valence-electron chi connectivity index (χ2n) is 14.1. The van der Waals surface area contributed by atoms with Gasteiger partial charge in [-0.2, -0.15) is 0 Å². The quantitative estimate of drug-likeness (QED) is 0.0401. The fraction of sp³-hybridized carbons (Fsp3) is 0.795. The molecule has 4 nitrogen and oxygen atoms in total. The van der Waals surface area contributed by atoms with Gasteiger partial charge in [0.1, 0.15) is 12.7 Å². The minimum Gasteiger partial charge on any atom is -0.463 e. The van der Waals surface area contributed by atoms with Crippen LogP contribution in [0.1, 0.15) is 199 Å². The molecule has 0 amide bonds. The molecule has 4 heteroatoms. The smallest absolute Gasteiger partial charge is 0.305 e. The number of benzene rings is 1. The lowest BCUT2D eigenvalue weighted by Gasteiger charge is -2.18. The number of hydrogen-bond donors (Lipinski definition) is 0. The van der Waals surface area contributed by atoms with Crippen LogP contribution in [-0.4, -0.2) is 31.9 Å².